The van der Waals surface area contributed by atoms with Gasteiger partial charge in [0.05, 0.1) is 5.39 Å². The van der Waals surface area contributed by atoms with Gasteiger partial charge >= 0.3 is 0 Å². The van der Waals surface area contributed by atoms with Crippen LogP contribution < -0.4 is 4.90 Å². The van der Waals surface area contributed by atoms with Gasteiger partial charge in [-0.25, -0.2) is 4.98 Å². The van der Waals surface area contributed by atoms with Crippen LogP contribution in [0.15, 0.2) is 203 Å². The number of furan rings is 1. The minimum absolute atomic E-state index is 0.604. The van der Waals surface area contributed by atoms with Gasteiger partial charge in [-0.15, -0.1) is 0 Å². The van der Waals surface area contributed by atoms with Crippen LogP contribution in [0.4, 0.5) is 17.1 Å². The molecule has 0 fully saturated rings. The van der Waals surface area contributed by atoms with Crippen molar-refractivity contribution < 1.29 is 8.83 Å². The molecule has 0 aliphatic carbocycles. The van der Waals surface area contributed by atoms with Crippen molar-refractivity contribution in [1.82, 2.24) is 4.98 Å². The van der Waals surface area contributed by atoms with Crippen LogP contribution >= 0.6 is 0 Å². The topological polar surface area (TPSA) is 42.4 Å². The van der Waals surface area contributed by atoms with E-state index in [1.54, 1.807) is 0 Å². The maximum atomic E-state index is 6.41. The number of oxazole rings is 1. The number of anilines is 3. The van der Waals surface area contributed by atoms with Gasteiger partial charge in [0.2, 0.25) is 5.89 Å². The average molecular weight is 681 g/mol. The maximum absolute atomic E-state index is 6.41. The van der Waals surface area contributed by atoms with Gasteiger partial charge in [-0.3, -0.25) is 0 Å². The van der Waals surface area contributed by atoms with Crippen molar-refractivity contribution in [2.75, 3.05) is 4.90 Å². The second kappa shape index (κ2) is 12.9. The molecule has 53 heavy (non-hydrogen) atoms. The first-order valence-corrected chi connectivity index (χ1v) is 17.8. The lowest BCUT2D eigenvalue weighted by molar-refractivity contribution is 0.622. The number of benzene rings is 8. The molecule has 10 rings (SSSR count). The largest absolute Gasteiger partial charge is 0.456 e. The van der Waals surface area contributed by atoms with Crippen LogP contribution in [0.25, 0.3) is 77.9 Å². The van der Waals surface area contributed by atoms with Crippen LogP contribution in [-0.4, -0.2) is 4.98 Å². The highest BCUT2D eigenvalue weighted by Gasteiger charge is 2.18. The molecular formula is C49H32N2O2. The van der Waals surface area contributed by atoms with Crippen LogP contribution in [0.2, 0.25) is 0 Å². The molecule has 0 spiro atoms. The van der Waals surface area contributed by atoms with Crippen molar-refractivity contribution in [3.8, 4) is 44.8 Å². The van der Waals surface area contributed by atoms with Gasteiger partial charge < -0.3 is 13.7 Å². The van der Waals surface area contributed by atoms with Crippen LogP contribution in [0, 0.1) is 0 Å². The first-order chi connectivity index (χ1) is 26.2. The van der Waals surface area contributed by atoms with Crippen LogP contribution in [0.3, 0.4) is 0 Å². The fourth-order valence-electron chi connectivity index (χ4n) is 7.27. The molecule has 2 aromatic heterocycles. The number of hydrogen-bond donors (Lipinski definition) is 0. The summed E-state index contributed by atoms with van der Waals surface area (Å²) in [6.07, 6.45) is 0. The van der Waals surface area contributed by atoms with Gasteiger partial charge in [-0.2, -0.15) is 0 Å². The molecule has 0 amide bonds. The van der Waals surface area contributed by atoms with Crippen molar-refractivity contribution in [3.05, 3.63) is 194 Å². The molecule has 4 nitrogen and oxygen atoms in total. The molecule has 0 unspecified atom stereocenters. The molecule has 8 aromatic carbocycles. The Morgan fingerprint density at radius 3 is 1.55 bits per heavy atom. The van der Waals surface area contributed by atoms with Gasteiger partial charge in [-0.1, -0.05) is 121 Å². The Hall–Kier alpha value is -7.17. The zero-order chi connectivity index (χ0) is 35.1. The van der Waals surface area contributed by atoms with Crippen molar-refractivity contribution in [2.45, 2.75) is 0 Å². The summed E-state index contributed by atoms with van der Waals surface area (Å²) in [4.78, 5) is 7.10. The third-order valence-corrected chi connectivity index (χ3v) is 9.91. The molecule has 4 heteroatoms. The lowest BCUT2D eigenvalue weighted by Crippen LogP contribution is -2.10. The predicted molar refractivity (Wildman–Crippen MR) is 218 cm³/mol. The highest BCUT2D eigenvalue weighted by molar-refractivity contribution is 6.16. The smallest absolute Gasteiger partial charge is 0.227 e. The number of fused-ring (bicyclic) bond motifs is 5. The number of rotatable bonds is 7. The molecule has 0 saturated heterocycles. The first-order valence-electron chi connectivity index (χ1n) is 17.8. The Morgan fingerprint density at radius 1 is 0.358 bits per heavy atom. The van der Waals surface area contributed by atoms with Crippen LogP contribution in [-0.2, 0) is 0 Å². The Bertz CT molecular complexity index is 2860. The van der Waals surface area contributed by atoms with E-state index in [1.807, 2.05) is 42.5 Å². The Morgan fingerprint density at radius 2 is 0.887 bits per heavy atom. The van der Waals surface area contributed by atoms with E-state index in [9.17, 15) is 0 Å². The van der Waals surface area contributed by atoms with E-state index < -0.39 is 0 Å². The molecule has 0 atom stereocenters. The molecule has 10 aromatic rings. The lowest BCUT2D eigenvalue weighted by Gasteiger charge is -2.26. The third-order valence-electron chi connectivity index (χ3n) is 9.91. The Balaban J connectivity index is 1.02. The number of nitrogens with zero attached hydrogens (tertiary/aromatic N) is 2. The molecule has 0 bridgehead atoms. The fraction of sp³-hybridized carbons (Fsp3) is 0. The Labute approximate surface area is 306 Å². The zero-order valence-corrected chi connectivity index (χ0v) is 28.7. The van der Waals surface area contributed by atoms with Crippen molar-refractivity contribution in [2.24, 2.45) is 0 Å². The molecule has 0 aliphatic rings. The van der Waals surface area contributed by atoms with E-state index in [1.165, 1.54) is 22.3 Å². The van der Waals surface area contributed by atoms with Crippen LogP contribution in [0.1, 0.15) is 0 Å². The summed E-state index contributed by atoms with van der Waals surface area (Å²) in [5, 5.41) is 1.95. The summed E-state index contributed by atoms with van der Waals surface area (Å²) >= 11 is 0. The minimum atomic E-state index is 0.604. The quantitative estimate of drug-likeness (QED) is 0.168. The highest BCUT2D eigenvalue weighted by atomic mass is 16.4. The van der Waals surface area contributed by atoms with E-state index in [0.29, 0.717) is 5.89 Å². The minimum Gasteiger partial charge on any atom is -0.456 e. The normalized spacial score (nSPS) is 11.4. The third kappa shape index (κ3) is 5.63. The number of aromatic nitrogens is 1. The summed E-state index contributed by atoms with van der Waals surface area (Å²) in [6, 6.07) is 67.7. The zero-order valence-electron chi connectivity index (χ0n) is 28.7. The monoisotopic (exact) mass is 680 g/mol. The van der Waals surface area contributed by atoms with E-state index in [4.69, 9.17) is 13.8 Å². The molecule has 0 aliphatic heterocycles. The molecule has 0 N–H and O–H groups in total. The molecular weight excluding hydrogens is 649 g/mol. The van der Waals surface area contributed by atoms with Gasteiger partial charge in [0, 0.05) is 28.0 Å². The van der Waals surface area contributed by atoms with E-state index in [-0.39, 0.29) is 0 Å². The summed E-state index contributed by atoms with van der Waals surface area (Å²) in [5.74, 6) is 0.604. The molecule has 0 radical (unpaired) electrons. The standard InChI is InChI=1S/C49H32N2O2/c1-4-11-33(12-5-1)35-19-24-40(25-20-35)51(42-18-10-17-38(31-42)34-13-6-2-7-14-34)41-26-21-36(22-27-41)39-23-28-43-46(32-39)52-45-30-29-44-48(47(43)45)53-49(50-44)37-15-8-3-9-16-37/h1-32H. The summed E-state index contributed by atoms with van der Waals surface area (Å²) < 4.78 is 12.8. The second-order valence-electron chi connectivity index (χ2n) is 13.2. The highest BCUT2D eigenvalue weighted by Crippen LogP contribution is 2.41. The van der Waals surface area contributed by atoms with Gasteiger partial charge in [0.25, 0.3) is 0 Å². The second-order valence-corrected chi connectivity index (χ2v) is 13.2. The van der Waals surface area contributed by atoms with Gasteiger partial charge in [-0.05, 0) is 106 Å². The number of hydrogen-bond acceptors (Lipinski definition) is 4. The summed E-state index contributed by atoms with van der Waals surface area (Å²) in [5.41, 5.74) is 14.2. The molecule has 0 saturated carbocycles. The fourth-order valence-corrected chi connectivity index (χ4v) is 7.27. The van der Waals surface area contributed by atoms with E-state index >= 15 is 0 Å². The van der Waals surface area contributed by atoms with E-state index in [2.05, 4.69) is 157 Å². The van der Waals surface area contributed by atoms with Crippen LogP contribution in [0.5, 0.6) is 0 Å². The molecule has 250 valence electrons. The van der Waals surface area contributed by atoms with Crippen molar-refractivity contribution in [1.29, 1.82) is 0 Å². The predicted octanol–water partition coefficient (Wildman–Crippen LogP) is 13.9. The van der Waals surface area contributed by atoms with Crippen molar-refractivity contribution in [3.63, 3.8) is 0 Å². The molecule has 2 heterocycles. The first kappa shape index (κ1) is 30.6. The van der Waals surface area contributed by atoms with Gasteiger partial charge in [0.1, 0.15) is 16.7 Å². The summed E-state index contributed by atoms with van der Waals surface area (Å²) in [7, 11) is 0. The maximum Gasteiger partial charge on any atom is 0.227 e. The van der Waals surface area contributed by atoms with Crippen molar-refractivity contribution >= 4 is 50.1 Å². The average Bonchev–Trinajstić information content (AvgIpc) is 3.84. The van der Waals surface area contributed by atoms with Gasteiger partial charge in [0.15, 0.2) is 5.58 Å². The SMILES string of the molecule is c1ccc(-c2ccc(N(c3ccc(-c4ccc5c(c4)oc4ccc6nc(-c7ccccc7)oc6c45)cc3)c3cccc(-c4ccccc4)c3)cc2)cc1. The lowest BCUT2D eigenvalue weighted by atomic mass is 10.0. The van der Waals surface area contributed by atoms with E-state index in [0.717, 1.165) is 66.8 Å². The summed E-state index contributed by atoms with van der Waals surface area (Å²) in [6.45, 7) is 0. The Kier molecular flexibility index (Phi) is 7.43.